The average molecular weight is 346 g/mol. The van der Waals surface area contributed by atoms with Crippen LogP contribution in [0.15, 0.2) is 12.5 Å². The van der Waals surface area contributed by atoms with Crippen molar-refractivity contribution in [2.24, 2.45) is 5.41 Å². The van der Waals surface area contributed by atoms with Crippen LogP contribution < -0.4 is 4.90 Å². The van der Waals surface area contributed by atoms with E-state index in [1.807, 2.05) is 11.1 Å². The minimum absolute atomic E-state index is 0.267. The molecule has 25 heavy (non-hydrogen) atoms. The van der Waals surface area contributed by atoms with Crippen molar-refractivity contribution in [1.29, 1.82) is 0 Å². The fourth-order valence-corrected chi connectivity index (χ4v) is 4.11. The van der Waals surface area contributed by atoms with Gasteiger partial charge in [-0.1, -0.05) is 13.8 Å². The van der Waals surface area contributed by atoms with Gasteiger partial charge >= 0.3 is 0 Å². The summed E-state index contributed by atoms with van der Waals surface area (Å²) < 4.78 is 5.16. The first kappa shape index (κ1) is 18.1. The Morgan fingerprint density at radius 2 is 2.04 bits per heavy atom. The Kier molecular flexibility index (Phi) is 5.57. The molecule has 3 heterocycles. The van der Waals surface area contributed by atoms with Crippen LogP contribution in [0.3, 0.4) is 0 Å². The second-order valence-corrected chi connectivity index (χ2v) is 7.75. The molecule has 6 heteroatoms. The van der Waals surface area contributed by atoms with E-state index in [0.717, 1.165) is 44.7 Å². The van der Waals surface area contributed by atoms with Gasteiger partial charge in [-0.15, -0.1) is 0 Å². The molecular formula is C19H30N4O2. The molecule has 1 aromatic rings. The molecule has 6 nitrogen and oxygen atoms in total. The third kappa shape index (κ3) is 3.94. The van der Waals surface area contributed by atoms with Gasteiger partial charge in [0.25, 0.3) is 0 Å². The summed E-state index contributed by atoms with van der Waals surface area (Å²) in [5, 5.41) is 0. The predicted molar refractivity (Wildman–Crippen MR) is 97.7 cm³/mol. The highest BCUT2D eigenvalue weighted by atomic mass is 16.5. The summed E-state index contributed by atoms with van der Waals surface area (Å²) in [6.45, 7) is 8.59. The first-order chi connectivity index (χ1) is 12.0. The Balaban J connectivity index is 1.66. The number of carbonyl (C=O) groups excluding carboxylic acids is 1. The lowest BCUT2D eigenvalue weighted by Gasteiger charge is -2.48. The van der Waals surface area contributed by atoms with Gasteiger partial charge in [-0.3, -0.25) is 4.79 Å². The van der Waals surface area contributed by atoms with Crippen LogP contribution in [-0.4, -0.2) is 60.7 Å². The topological polar surface area (TPSA) is 58.6 Å². The Hall–Kier alpha value is -1.69. The van der Waals surface area contributed by atoms with Crippen LogP contribution in [0.1, 0.15) is 51.0 Å². The summed E-state index contributed by atoms with van der Waals surface area (Å²) in [5.41, 5.74) is 1.49. The van der Waals surface area contributed by atoms with Crippen molar-refractivity contribution in [3.8, 4) is 0 Å². The second kappa shape index (κ2) is 7.68. The number of rotatable bonds is 5. The highest BCUT2D eigenvalue weighted by Gasteiger charge is 2.41. The highest BCUT2D eigenvalue weighted by Crippen LogP contribution is 2.41. The molecule has 2 saturated heterocycles. The third-order valence-electron chi connectivity index (χ3n) is 5.78. The van der Waals surface area contributed by atoms with Gasteiger partial charge in [-0.05, 0) is 30.6 Å². The molecule has 0 N–H and O–H groups in total. The zero-order chi connectivity index (χ0) is 17.9. The molecule has 0 unspecified atom stereocenters. The maximum Gasteiger partial charge on any atom is 0.222 e. The van der Waals surface area contributed by atoms with Crippen LogP contribution in [0.5, 0.6) is 0 Å². The van der Waals surface area contributed by atoms with Crippen molar-refractivity contribution in [3.05, 3.63) is 18.1 Å². The molecule has 0 atom stereocenters. The van der Waals surface area contributed by atoms with E-state index in [9.17, 15) is 4.79 Å². The maximum absolute atomic E-state index is 12.2. The maximum atomic E-state index is 12.2. The molecule has 1 amide bonds. The van der Waals surface area contributed by atoms with Gasteiger partial charge in [0, 0.05) is 51.5 Å². The monoisotopic (exact) mass is 346 g/mol. The zero-order valence-electron chi connectivity index (χ0n) is 15.7. The number of amides is 1. The van der Waals surface area contributed by atoms with Crippen molar-refractivity contribution in [1.82, 2.24) is 14.9 Å². The number of nitrogens with zero attached hydrogens (tertiary/aromatic N) is 4. The van der Waals surface area contributed by atoms with Gasteiger partial charge < -0.3 is 14.5 Å². The van der Waals surface area contributed by atoms with Crippen LogP contribution >= 0.6 is 0 Å². The minimum atomic E-state index is 0.267. The van der Waals surface area contributed by atoms with Crippen molar-refractivity contribution in [3.63, 3.8) is 0 Å². The standard InChI is InChI=1S/C19H30N4O2/c1-15(2)16-12-20-14-21-18(16)22-8-6-19(7-9-22)5-4-17(24)23(13-19)10-11-25-3/h12,14-15H,4-11,13H2,1-3H3. The number of hydrogen-bond donors (Lipinski definition) is 0. The molecule has 2 fully saturated rings. The molecule has 0 bridgehead atoms. The van der Waals surface area contributed by atoms with Gasteiger partial charge in [0.15, 0.2) is 0 Å². The van der Waals surface area contributed by atoms with Crippen molar-refractivity contribution >= 4 is 11.7 Å². The summed E-state index contributed by atoms with van der Waals surface area (Å²) in [5.74, 6) is 1.79. The van der Waals surface area contributed by atoms with Crippen LogP contribution in [-0.2, 0) is 9.53 Å². The van der Waals surface area contributed by atoms with Crippen LogP contribution in [0, 0.1) is 5.41 Å². The summed E-state index contributed by atoms with van der Waals surface area (Å²) in [7, 11) is 1.69. The lowest BCUT2D eigenvalue weighted by molar-refractivity contribution is -0.139. The smallest absolute Gasteiger partial charge is 0.222 e. The minimum Gasteiger partial charge on any atom is -0.383 e. The van der Waals surface area contributed by atoms with Crippen molar-refractivity contribution in [2.75, 3.05) is 44.8 Å². The van der Waals surface area contributed by atoms with E-state index >= 15 is 0 Å². The molecule has 1 aromatic heterocycles. The quantitative estimate of drug-likeness (QED) is 0.820. The first-order valence-electron chi connectivity index (χ1n) is 9.36. The van der Waals surface area contributed by atoms with Crippen molar-refractivity contribution < 1.29 is 9.53 Å². The summed E-state index contributed by atoms with van der Waals surface area (Å²) >= 11 is 0. The van der Waals surface area contributed by atoms with Gasteiger partial charge in [0.1, 0.15) is 12.1 Å². The first-order valence-corrected chi connectivity index (χ1v) is 9.36. The van der Waals surface area contributed by atoms with Gasteiger partial charge in [0.05, 0.1) is 6.61 Å². The molecule has 1 spiro atoms. The Labute approximate surface area is 150 Å². The second-order valence-electron chi connectivity index (χ2n) is 7.75. The molecule has 0 saturated carbocycles. The lowest BCUT2D eigenvalue weighted by Crippen LogP contribution is -2.52. The molecule has 138 valence electrons. The highest BCUT2D eigenvalue weighted by molar-refractivity contribution is 5.77. The number of methoxy groups -OCH3 is 1. The lowest BCUT2D eigenvalue weighted by atomic mass is 9.72. The van der Waals surface area contributed by atoms with E-state index in [0.29, 0.717) is 25.5 Å². The normalized spacial score (nSPS) is 20.6. The van der Waals surface area contributed by atoms with E-state index in [2.05, 4.69) is 28.7 Å². The van der Waals surface area contributed by atoms with Crippen LogP contribution in [0.4, 0.5) is 5.82 Å². The Bertz CT molecular complexity index is 597. The summed E-state index contributed by atoms with van der Waals surface area (Å²) in [6, 6.07) is 0. The number of aromatic nitrogens is 2. The van der Waals surface area contributed by atoms with E-state index in [-0.39, 0.29) is 11.3 Å². The number of hydrogen-bond acceptors (Lipinski definition) is 5. The summed E-state index contributed by atoms with van der Waals surface area (Å²) in [6.07, 6.45) is 7.52. The van der Waals surface area contributed by atoms with E-state index in [4.69, 9.17) is 4.74 Å². The zero-order valence-corrected chi connectivity index (χ0v) is 15.7. The molecule has 2 aliphatic heterocycles. The number of piperidine rings is 2. The van der Waals surface area contributed by atoms with Gasteiger partial charge in [-0.2, -0.15) is 0 Å². The fraction of sp³-hybridized carbons (Fsp3) is 0.737. The third-order valence-corrected chi connectivity index (χ3v) is 5.78. The molecular weight excluding hydrogens is 316 g/mol. The van der Waals surface area contributed by atoms with E-state index < -0.39 is 0 Å². The molecule has 0 aliphatic carbocycles. The molecule has 2 aliphatic rings. The van der Waals surface area contributed by atoms with Crippen LogP contribution in [0.25, 0.3) is 0 Å². The number of anilines is 1. The summed E-state index contributed by atoms with van der Waals surface area (Å²) in [4.78, 5) is 25.3. The SMILES string of the molecule is COCCN1CC2(CCC1=O)CCN(c1ncncc1C(C)C)CC2. The van der Waals surface area contributed by atoms with E-state index in [1.165, 1.54) is 5.56 Å². The number of carbonyl (C=O) groups is 1. The van der Waals surface area contributed by atoms with E-state index in [1.54, 1.807) is 13.4 Å². The molecule has 0 radical (unpaired) electrons. The van der Waals surface area contributed by atoms with Gasteiger partial charge in [-0.25, -0.2) is 9.97 Å². The Morgan fingerprint density at radius 3 is 2.72 bits per heavy atom. The van der Waals surface area contributed by atoms with Crippen LogP contribution in [0.2, 0.25) is 0 Å². The fourth-order valence-electron chi connectivity index (χ4n) is 4.11. The number of likely N-dealkylation sites (tertiary alicyclic amines) is 1. The predicted octanol–water partition coefficient (Wildman–Crippen LogP) is 2.46. The van der Waals surface area contributed by atoms with Gasteiger partial charge in [0.2, 0.25) is 5.91 Å². The number of ether oxygens (including phenoxy) is 1. The molecule has 3 rings (SSSR count). The Morgan fingerprint density at radius 1 is 1.28 bits per heavy atom. The molecule has 0 aromatic carbocycles. The van der Waals surface area contributed by atoms with Crippen molar-refractivity contribution in [2.45, 2.75) is 45.4 Å². The average Bonchev–Trinajstić information content (AvgIpc) is 2.63. The largest absolute Gasteiger partial charge is 0.383 e.